The summed E-state index contributed by atoms with van der Waals surface area (Å²) in [6.45, 7) is 1.92. The van der Waals surface area contributed by atoms with Crippen molar-refractivity contribution in [1.29, 1.82) is 0 Å². The van der Waals surface area contributed by atoms with Crippen molar-refractivity contribution < 1.29 is 9.84 Å². The van der Waals surface area contributed by atoms with Gasteiger partial charge in [-0.25, -0.2) is 4.79 Å². The SMILES string of the molecule is O=c1ccn([C@@H]2O[C@H](CO)C[C@H]2N2CCCC2)c(=O)[nH]1. The summed E-state index contributed by atoms with van der Waals surface area (Å²) in [6.07, 6.45) is 3.75. The number of aromatic amines is 1. The first-order valence-corrected chi connectivity index (χ1v) is 7.01. The first kappa shape index (κ1) is 13.5. The number of H-pyrrole nitrogens is 1. The van der Waals surface area contributed by atoms with Gasteiger partial charge in [0.05, 0.1) is 18.8 Å². The van der Waals surface area contributed by atoms with Crippen molar-refractivity contribution >= 4 is 0 Å². The van der Waals surface area contributed by atoms with E-state index in [-0.39, 0.29) is 18.8 Å². The molecule has 0 radical (unpaired) electrons. The van der Waals surface area contributed by atoms with Crippen LogP contribution in [0.2, 0.25) is 0 Å². The third-order valence-corrected chi connectivity index (χ3v) is 4.10. The van der Waals surface area contributed by atoms with Gasteiger partial charge >= 0.3 is 5.69 Å². The molecule has 7 heteroatoms. The van der Waals surface area contributed by atoms with Gasteiger partial charge in [-0.3, -0.25) is 19.2 Å². The fourth-order valence-electron chi connectivity index (χ4n) is 3.13. The quantitative estimate of drug-likeness (QED) is 0.763. The molecule has 3 heterocycles. The molecule has 1 aromatic heterocycles. The first-order valence-electron chi connectivity index (χ1n) is 7.01. The first-order chi connectivity index (χ1) is 9.69. The molecule has 0 spiro atoms. The molecule has 2 N–H and O–H groups in total. The molecule has 2 aliphatic heterocycles. The van der Waals surface area contributed by atoms with Gasteiger partial charge in [-0.2, -0.15) is 0 Å². The van der Waals surface area contributed by atoms with Gasteiger partial charge in [0.2, 0.25) is 0 Å². The smallest absolute Gasteiger partial charge is 0.330 e. The number of aliphatic hydroxyl groups excluding tert-OH is 1. The molecule has 2 fully saturated rings. The molecule has 0 aromatic carbocycles. The Hall–Kier alpha value is -1.44. The Kier molecular flexibility index (Phi) is 3.73. The van der Waals surface area contributed by atoms with Crippen molar-refractivity contribution in [3.8, 4) is 0 Å². The summed E-state index contributed by atoms with van der Waals surface area (Å²) in [5.74, 6) is 0. The van der Waals surface area contributed by atoms with Gasteiger partial charge in [0.25, 0.3) is 5.56 Å². The van der Waals surface area contributed by atoms with Gasteiger partial charge < -0.3 is 9.84 Å². The lowest BCUT2D eigenvalue weighted by Crippen LogP contribution is -2.41. The minimum absolute atomic E-state index is 0.0566. The van der Waals surface area contributed by atoms with Crippen molar-refractivity contribution in [2.45, 2.75) is 37.6 Å². The van der Waals surface area contributed by atoms with Gasteiger partial charge in [0.1, 0.15) is 0 Å². The molecule has 0 saturated carbocycles. The van der Waals surface area contributed by atoms with Gasteiger partial charge in [0.15, 0.2) is 6.23 Å². The summed E-state index contributed by atoms with van der Waals surface area (Å²) in [5, 5.41) is 9.32. The van der Waals surface area contributed by atoms with Crippen LogP contribution in [0.15, 0.2) is 21.9 Å². The van der Waals surface area contributed by atoms with Crippen LogP contribution in [0.4, 0.5) is 0 Å². The molecule has 2 saturated heterocycles. The number of nitrogens with one attached hydrogen (secondary N) is 1. The van der Waals surface area contributed by atoms with E-state index in [9.17, 15) is 14.7 Å². The van der Waals surface area contributed by atoms with E-state index < -0.39 is 17.5 Å². The highest BCUT2D eigenvalue weighted by Gasteiger charge is 2.40. The van der Waals surface area contributed by atoms with Crippen LogP contribution in [0.1, 0.15) is 25.5 Å². The third kappa shape index (κ3) is 2.44. The van der Waals surface area contributed by atoms with E-state index in [1.165, 1.54) is 16.8 Å². The molecule has 0 bridgehead atoms. The summed E-state index contributed by atoms with van der Waals surface area (Å²) >= 11 is 0. The minimum Gasteiger partial charge on any atom is -0.394 e. The Bertz CT molecular complexity index is 575. The second-order valence-electron chi connectivity index (χ2n) is 5.39. The van der Waals surface area contributed by atoms with Crippen LogP contribution in [-0.4, -0.2) is 51.4 Å². The third-order valence-electron chi connectivity index (χ3n) is 4.10. The Balaban J connectivity index is 1.91. The predicted octanol–water partition coefficient (Wildman–Crippen LogP) is -0.719. The Morgan fingerprint density at radius 3 is 2.75 bits per heavy atom. The van der Waals surface area contributed by atoms with Crippen molar-refractivity contribution in [3.05, 3.63) is 33.1 Å². The predicted molar refractivity (Wildman–Crippen MR) is 71.5 cm³/mol. The molecule has 1 aromatic rings. The number of hydrogen-bond acceptors (Lipinski definition) is 5. The van der Waals surface area contributed by atoms with E-state index in [4.69, 9.17) is 4.74 Å². The average molecular weight is 281 g/mol. The second-order valence-corrected chi connectivity index (χ2v) is 5.39. The molecule has 0 aliphatic carbocycles. The van der Waals surface area contributed by atoms with Crippen LogP contribution in [0.5, 0.6) is 0 Å². The lowest BCUT2D eigenvalue weighted by Gasteiger charge is -2.28. The average Bonchev–Trinajstić information content (AvgIpc) is 3.07. The second kappa shape index (κ2) is 5.51. The lowest BCUT2D eigenvalue weighted by molar-refractivity contribution is -0.0413. The van der Waals surface area contributed by atoms with E-state index in [0.717, 1.165) is 25.9 Å². The number of likely N-dealkylation sites (tertiary alicyclic amines) is 1. The minimum atomic E-state index is -0.467. The number of aromatic nitrogens is 2. The van der Waals surface area contributed by atoms with E-state index in [1.807, 2.05) is 0 Å². The van der Waals surface area contributed by atoms with Gasteiger partial charge in [0, 0.05) is 12.3 Å². The zero-order valence-corrected chi connectivity index (χ0v) is 11.2. The summed E-state index contributed by atoms with van der Waals surface area (Å²) in [7, 11) is 0. The maximum atomic E-state index is 11.9. The Labute approximate surface area is 115 Å². The molecule has 3 rings (SSSR count). The van der Waals surface area contributed by atoms with Crippen LogP contribution < -0.4 is 11.2 Å². The number of ether oxygens (including phenoxy) is 1. The Morgan fingerprint density at radius 1 is 1.35 bits per heavy atom. The molecule has 7 nitrogen and oxygen atoms in total. The topological polar surface area (TPSA) is 87.6 Å². The molecule has 3 atom stereocenters. The highest BCUT2D eigenvalue weighted by Crippen LogP contribution is 2.33. The molecular formula is C13H19N3O4. The standard InChI is InChI=1S/C13H19N3O4/c17-8-9-7-10(15-4-1-2-5-15)12(20-9)16-6-3-11(18)14-13(16)19/h3,6,9-10,12,17H,1-2,4-5,7-8H2,(H,14,18,19)/t9-,10+,12+/m0/s1. The van der Waals surface area contributed by atoms with Crippen LogP contribution >= 0.6 is 0 Å². The van der Waals surface area contributed by atoms with Crippen LogP contribution in [-0.2, 0) is 4.74 Å². The molecule has 110 valence electrons. The summed E-state index contributed by atoms with van der Waals surface area (Å²) < 4.78 is 7.21. The molecule has 20 heavy (non-hydrogen) atoms. The lowest BCUT2D eigenvalue weighted by atomic mass is 10.1. The van der Waals surface area contributed by atoms with E-state index >= 15 is 0 Å². The van der Waals surface area contributed by atoms with E-state index in [0.29, 0.717) is 6.42 Å². The number of nitrogens with zero attached hydrogens (tertiary/aromatic N) is 2. The van der Waals surface area contributed by atoms with Gasteiger partial charge in [-0.1, -0.05) is 0 Å². The highest BCUT2D eigenvalue weighted by molar-refractivity contribution is 4.93. The number of rotatable bonds is 3. The fraction of sp³-hybridized carbons (Fsp3) is 0.692. The van der Waals surface area contributed by atoms with Gasteiger partial charge in [-0.05, 0) is 32.4 Å². The van der Waals surface area contributed by atoms with Crippen LogP contribution in [0.25, 0.3) is 0 Å². The zero-order valence-electron chi connectivity index (χ0n) is 11.2. The van der Waals surface area contributed by atoms with Crippen molar-refractivity contribution in [3.63, 3.8) is 0 Å². The highest BCUT2D eigenvalue weighted by atomic mass is 16.5. The largest absolute Gasteiger partial charge is 0.394 e. The summed E-state index contributed by atoms with van der Waals surface area (Å²) in [6, 6.07) is 1.39. The fourth-order valence-corrected chi connectivity index (χ4v) is 3.13. The van der Waals surface area contributed by atoms with E-state index in [1.54, 1.807) is 0 Å². The normalized spacial score (nSPS) is 30.9. The van der Waals surface area contributed by atoms with Gasteiger partial charge in [-0.15, -0.1) is 0 Å². The zero-order chi connectivity index (χ0) is 14.1. The Morgan fingerprint density at radius 2 is 2.10 bits per heavy atom. The summed E-state index contributed by atoms with van der Waals surface area (Å²) in [4.78, 5) is 27.6. The number of aliphatic hydroxyl groups is 1. The van der Waals surface area contributed by atoms with Crippen LogP contribution in [0, 0.1) is 0 Å². The molecule has 2 aliphatic rings. The maximum absolute atomic E-state index is 11.9. The van der Waals surface area contributed by atoms with Crippen LogP contribution in [0.3, 0.4) is 0 Å². The molecular weight excluding hydrogens is 262 g/mol. The van der Waals surface area contributed by atoms with Crippen molar-refractivity contribution in [2.75, 3.05) is 19.7 Å². The van der Waals surface area contributed by atoms with Crippen molar-refractivity contribution in [2.24, 2.45) is 0 Å². The monoisotopic (exact) mass is 281 g/mol. The number of hydrogen-bond donors (Lipinski definition) is 2. The molecule has 0 unspecified atom stereocenters. The summed E-state index contributed by atoms with van der Waals surface area (Å²) in [5.41, 5.74) is -0.883. The maximum Gasteiger partial charge on any atom is 0.330 e. The van der Waals surface area contributed by atoms with E-state index in [2.05, 4.69) is 9.88 Å². The molecule has 0 amide bonds. The van der Waals surface area contributed by atoms with Crippen molar-refractivity contribution in [1.82, 2.24) is 14.5 Å².